The number of rotatable bonds is 4. The van der Waals surface area contributed by atoms with E-state index in [-0.39, 0.29) is 11.1 Å². The van der Waals surface area contributed by atoms with Gasteiger partial charge in [0.15, 0.2) is 0 Å². The summed E-state index contributed by atoms with van der Waals surface area (Å²) in [6.45, 7) is -0.508. The zero-order valence-corrected chi connectivity index (χ0v) is 8.61. The Morgan fingerprint density at radius 1 is 1.56 bits per heavy atom. The minimum absolute atomic E-state index is 0.0869. The molecule has 5 heteroatoms. The molecule has 0 bridgehead atoms. The van der Waals surface area contributed by atoms with Crippen LogP contribution in [0.1, 0.15) is 5.56 Å². The summed E-state index contributed by atoms with van der Waals surface area (Å²) in [4.78, 5) is 10.5. The number of carboxylic acids is 1. The summed E-state index contributed by atoms with van der Waals surface area (Å²) in [5.41, 5.74) is 0.316. The fraction of sp³-hybridized carbons (Fsp3) is 0.182. The molecule has 0 unspecified atom stereocenters. The first-order chi connectivity index (χ1) is 7.58. The highest BCUT2D eigenvalue weighted by Crippen LogP contribution is 2.26. The molecule has 0 aliphatic carbocycles. The summed E-state index contributed by atoms with van der Waals surface area (Å²) in [5.74, 6) is -1.43. The van der Waals surface area contributed by atoms with Crippen LogP contribution in [0.3, 0.4) is 0 Å². The van der Waals surface area contributed by atoms with Crippen molar-refractivity contribution >= 4 is 11.5 Å². The van der Waals surface area contributed by atoms with E-state index in [0.717, 1.165) is 12.1 Å². The van der Waals surface area contributed by atoms with Crippen LogP contribution >= 0.6 is 0 Å². The van der Waals surface area contributed by atoms with Crippen molar-refractivity contribution in [2.24, 2.45) is 0 Å². The van der Waals surface area contributed by atoms with Crippen LogP contribution < -0.4 is 4.74 Å². The average Bonchev–Trinajstić information content (AvgIpc) is 2.25. The lowest BCUT2D eigenvalue weighted by atomic mass is 10.0. The number of methoxy groups -OCH3 is 1. The average molecular weight is 226 g/mol. The molecule has 0 atom stereocenters. The summed E-state index contributed by atoms with van der Waals surface area (Å²) in [5, 5.41) is 17.6. The molecule has 0 radical (unpaired) electrons. The van der Waals surface area contributed by atoms with E-state index in [1.54, 1.807) is 0 Å². The Hall–Kier alpha value is -1.88. The van der Waals surface area contributed by atoms with Gasteiger partial charge in [0.2, 0.25) is 0 Å². The number of aliphatic carboxylic acids is 1. The Labute approximate surface area is 91.6 Å². The van der Waals surface area contributed by atoms with Gasteiger partial charge in [-0.2, -0.15) is 0 Å². The molecule has 0 amide bonds. The highest BCUT2D eigenvalue weighted by Gasteiger charge is 2.10. The van der Waals surface area contributed by atoms with Gasteiger partial charge >= 0.3 is 5.97 Å². The quantitative estimate of drug-likeness (QED) is 0.759. The van der Waals surface area contributed by atoms with E-state index in [9.17, 15) is 9.18 Å². The number of hydrogen-bond donors (Lipinski definition) is 2. The third-order valence-electron chi connectivity index (χ3n) is 1.98. The summed E-state index contributed by atoms with van der Waals surface area (Å²) in [6.07, 6.45) is 0.817. The maximum absolute atomic E-state index is 13.0. The molecular weight excluding hydrogens is 215 g/mol. The molecule has 1 aromatic carbocycles. The van der Waals surface area contributed by atoms with E-state index in [1.165, 1.54) is 19.2 Å². The van der Waals surface area contributed by atoms with Gasteiger partial charge in [0.05, 0.1) is 13.7 Å². The van der Waals surface area contributed by atoms with Crippen LogP contribution in [0.5, 0.6) is 5.75 Å². The number of benzene rings is 1. The smallest absolute Gasteiger partial charge is 0.328 e. The third kappa shape index (κ3) is 2.80. The minimum atomic E-state index is -1.21. The van der Waals surface area contributed by atoms with Gasteiger partial charge in [-0.1, -0.05) is 0 Å². The monoisotopic (exact) mass is 226 g/mol. The van der Waals surface area contributed by atoms with Gasteiger partial charge in [0.1, 0.15) is 11.6 Å². The number of halogens is 1. The predicted molar refractivity (Wildman–Crippen MR) is 55.7 cm³/mol. The van der Waals surface area contributed by atoms with Crippen LogP contribution in [0.15, 0.2) is 24.3 Å². The van der Waals surface area contributed by atoms with Crippen LogP contribution in [0.2, 0.25) is 0 Å². The standard InChI is InChI=1S/C11H11FO4/c1-16-10-3-2-8(12)5-9(10)7(6-13)4-11(14)15/h2-5,13H,6H2,1H3,(H,14,15)/b7-4+. The van der Waals surface area contributed by atoms with E-state index in [0.29, 0.717) is 5.75 Å². The predicted octanol–water partition coefficient (Wildman–Crippen LogP) is 1.29. The van der Waals surface area contributed by atoms with Crippen LogP contribution in [0.4, 0.5) is 4.39 Å². The third-order valence-corrected chi connectivity index (χ3v) is 1.98. The fourth-order valence-electron chi connectivity index (χ4n) is 1.29. The van der Waals surface area contributed by atoms with Gasteiger partial charge in [-0.25, -0.2) is 9.18 Å². The van der Waals surface area contributed by atoms with Crippen molar-refractivity contribution in [3.8, 4) is 5.75 Å². The minimum Gasteiger partial charge on any atom is -0.496 e. The van der Waals surface area contributed by atoms with E-state index in [2.05, 4.69) is 0 Å². The van der Waals surface area contributed by atoms with Crippen LogP contribution in [0.25, 0.3) is 5.57 Å². The Balaban J connectivity index is 3.28. The second kappa shape index (κ2) is 5.27. The van der Waals surface area contributed by atoms with E-state index in [1.807, 2.05) is 0 Å². The molecule has 0 heterocycles. The normalized spacial score (nSPS) is 11.3. The maximum atomic E-state index is 13.0. The molecule has 86 valence electrons. The van der Waals surface area contributed by atoms with Crippen LogP contribution in [0, 0.1) is 5.82 Å². The van der Waals surface area contributed by atoms with E-state index < -0.39 is 18.4 Å². The van der Waals surface area contributed by atoms with Crippen molar-refractivity contribution in [1.29, 1.82) is 0 Å². The Bertz CT molecular complexity index is 426. The van der Waals surface area contributed by atoms with Crippen molar-refractivity contribution in [3.63, 3.8) is 0 Å². The number of carboxylic acid groups (broad SMARTS) is 1. The van der Waals surface area contributed by atoms with Crippen molar-refractivity contribution in [2.75, 3.05) is 13.7 Å². The zero-order valence-electron chi connectivity index (χ0n) is 8.61. The summed E-state index contributed by atoms with van der Waals surface area (Å²) in [7, 11) is 1.38. The highest BCUT2D eigenvalue weighted by atomic mass is 19.1. The first-order valence-corrected chi connectivity index (χ1v) is 4.46. The zero-order chi connectivity index (χ0) is 12.1. The number of aliphatic hydroxyl groups excluding tert-OH is 1. The molecule has 0 aliphatic heterocycles. The fourth-order valence-corrected chi connectivity index (χ4v) is 1.29. The largest absolute Gasteiger partial charge is 0.496 e. The van der Waals surface area contributed by atoms with Crippen LogP contribution in [-0.4, -0.2) is 29.9 Å². The SMILES string of the molecule is COc1ccc(F)cc1/C(=C/C(=O)O)CO. The van der Waals surface area contributed by atoms with Crippen LogP contribution in [-0.2, 0) is 4.79 Å². The number of ether oxygens (including phenoxy) is 1. The number of carbonyl (C=O) groups is 1. The molecule has 0 aromatic heterocycles. The Morgan fingerprint density at radius 2 is 2.25 bits per heavy atom. The number of hydrogen-bond acceptors (Lipinski definition) is 3. The molecule has 4 nitrogen and oxygen atoms in total. The summed E-state index contributed by atoms with van der Waals surface area (Å²) < 4.78 is 18.0. The van der Waals surface area contributed by atoms with E-state index in [4.69, 9.17) is 14.9 Å². The molecule has 1 aromatic rings. The lowest BCUT2D eigenvalue weighted by Gasteiger charge is -2.09. The molecule has 0 aliphatic rings. The van der Waals surface area contributed by atoms with Gasteiger partial charge in [-0.05, 0) is 23.8 Å². The van der Waals surface area contributed by atoms with Crippen molar-refractivity contribution in [3.05, 3.63) is 35.7 Å². The number of aliphatic hydroxyl groups is 1. The first-order valence-electron chi connectivity index (χ1n) is 4.46. The molecular formula is C11H11FO4. The molecule has 16 heavy (non-hydrogen) atoms. The molecule has 0 fully saturated rings. The van der Waals surface area contributed by atoms with Gasteiger partial charge in [-0.15, -0.1) is 0 Å². The lowest BCUT2D eigenvalue weighted by molar-refractivity contribution is -0.131. The highest BCUT2D eigenvalue weighted by molar-refractivity contribution is 5.91. The van der Waals surface area contributed by atoms with Crippen molar-refractivity contribution in [1.82, 2.24) is 0 Å². The topological polar surface area (TPSA) is 66.8 Å². The van der Waals surface area contributed by atoms with E-state index >= 15 is 0 Å². The summed E-state index contributed by atoms with van der Waals surface area (Å²) in [6, 6.07) is 3.68. The van der Waals surface area contributed by atoms with Gasteiger partial charge in [-0.3, -0.25) is 0 Å². The Kier molecular flexibility index (Phi) is 4.02. The van der Waals surface area contributed by atoms with Crippen molar-refractivity contribution < 1.29 is 24.1 Å². The summed E-state index contributed by atoms with van der Waals surface area (Å²) >= 11 is 0. The molecule has 0 saturated heterocycles. The van der Waals surface area contributed by atoms with Gasteiger partial charge in [0, 0.05) is 11.6 Å². The van der Waals surface area contributed by atoms with Crippen molar-refractivity contribution in [2.45, 2.75) is 0 Å². The van der Waals surface area contributed by atoms with Gasteiger partial charge in [0.25, 0.3) is 0 Å². The molecule has 2 N–H and O–H groups in total. The molecule has 1 rings (SSSR count). The lowest BCUT2D eigenvalue weighted by Crippen LogP contribution is -1.99. The molecule has 0 saturated carbocycles. The Morgan fingerprint density at radius 3 is 2.75 bits per heavy atom. The second-order valence-electron chi connectivity index (χ2n) is 3.01. The second-order valence-corrected chi connectivity index (χ2v) is 3.01. The first kappa shape index (κ1) is 12.2. The molecule has 0 spiro atoms. The maximum Gasteiger partial charge on any atom is 0.328 e. The van der Waals surface area contributed by atoms with Gasteiger partial charge < -0.3 is 14.9 Å².